The van der Waals surface area contributed by atoms with Crippen molar-refractivity contribution in [2.45, 2.75) is 17.2 Å². The molecule has 1 saturated heterocycles. The SMILES string of the molecule is COC(=O)c1cc(S(=O)(=O)N2CC[C@H](c3cc(OC)ccc3OC)C2)c[nH]1. The average Bonchev–Trinajstić information content (AvgIpc) is 3.37. The molecule has 1 aromatic carbocycles. The van der Waals surface area contributed by atoms with Gasteiger partial charge in [-0.3, -0.25) is 0 Å². The highest BCUT2D eigenvalue weighted by atomic mass is 32.2. The lowest BCUT2D eigenvalue weighted by molar-refractivity contribution is 0.0594. The molecule has 1 N–H and O–H groups in total. The van der Waals surface area contributed by atoms with E-state index in [9.17, 15) is 13.2 Å². The molecule has 1 atom stereocenters. The third kappa shape index (κ3) is 3.65. The predicted molar refractivity (Wildman–Crippen MR) is 97.8 cm³/mol. The van der Waals surface area contributed by atoms with E-state index >= 15 is 0 Å². The molecular weight excluding hydrogens is 372 g/mol. The van der Waals surface area contributed by atoms with Crippen LogP contribution >= 0.6 is 0 Å². The number of nitrogens with one attached hydrogen (secondary N) is 1. The highest BCUT2D eigenvalue weighted by molar-refractivity contribution is 7.89. The smallest absolute Gasteiger partial charge is 0.354 e. The quantitative estimate of drug-likeness (QED) is 0.753. The third-order valence-electron chi connectivity index (χ3n) is 4.73. The van der Waals surface area contributed by atoms with E-state index in [0.29, 0.717) is 31.0 Å². The Morgan fingerprint density at radius 2 is 1.96 bits per heavy atom. The van der Waals surface area contributed by atoms with Crippen LogP contribution in [0.4, 0.5) is 0 Å². The van der Waals surface area contributed by atoms with E-state index in [-0.39, 0.29) is 16.5 Å². The second-order valence-electron chi connectivity index (χ2n) is 6.20. The van der Waals surface area contributed by atoms with E-state index in [1.165, 1.54) is 23.7 Å². The Balaban J connectivity index is 1.83. The second-order valence-corrected chi connectivity index (χ2v) is 8.14. The van der Waals surface area contributed by atoms with Crippen molar-refractivity contribution in [2.75, 3.05) is 34.4 Å². The van der Waals surface area contributed by atoms with E-state index in [4.69, 9.17) is 9.47 Å². The van der Waals surface area contributed by atoms with Gasteiger partial charge in [0.1, 0.15) is 22.1 Å². The molecule has 0 saturated carbocycles. The minimum atomic E-state index is -3.71. The van der Waals surface area contributed by atoms with Gasteiger partial charge in [0.2, 0.25) is 10.0 Å². The number of hydrogen-bond donors (Lipinski definition) is 1. The maximum atomic E-state index is 12.9. The summed E-state index contributed by atoms with van der Waals surface area (Å²) in [4.78, 5) is 14.2. The first-order valence-electron chi connectivity index (χ1n) is 8.39. The van der Waals surface area contributed by atoms with Crippen molar-refractivity contribution in [3.05, 3.63) is 41.7 Å². The lowest BCUT2D eigenvalue weighted by Gasteiger charge is -2.18. The van der Waals surface area contributed by atoms with Crippen LogP contribution in [0.25, 0.3) is 0 Å². The molecule has 1 aromatic heterocycles. The zero-order valence-corrected chi connectivity index (χ0v) is 16.2. The summed E-state index contributed by atoms with van der Waals surface area (Å²) >= 11 is 0. The lowest BCUT2D eigenvalue weighted by Crippen LogP contribution is -2.28. The van der Waals surface area contributed by atoms with Gasteiger partial charge in [-0.15, -0.1) is 0 Å². The molecule has 27 heavy (non-hydrogen) atoms. The van der Waals surface area contributed by atoms with Crippen LogP contribution in [0, 0.1) is 0 Å². The van der Waals surface area contributed by atoms with E-state index in [0.717, 1.165) is 5.56 Å². The molecule has 3 rings (SSSR count). The third-order valence-corrected chi connectivity index (χ3v) is 6.57. The summed E-state index contributed by atoms with van der Waals surface area (Å²) < 4.78 is 42.5. The van der Waals surface area contributed by atoms with Crippen molar-refractivity contribution < 1.29 is 27.4 Å². The molecule has 2 aromatic rings. The van der Waals surface area contributed by atoms with Crippen molar-refractivity contribution in [3.63, 3.8) is 0 Å². The number of carbonyl (C=O) groups is 1. The summed E-state index contributed by atoms with van der Waals surface area (Å²) in [6.07, 6.45) is 1.97. The number of benzene rings is 1. The highest BCUT2D eigenvalue weighted by Gasteiger charge is 2.35. The van der Waals surface area contributed by atoms with Crippen molar-refractivity contribution in [1.29, 1.82) is 0 Å². The normalized spacial score (nSPS) is 17.7. The van der Waals surface area contributed by atoms with Crippen molar-refractivity contribution in [1.82, 2.24) is 9.29 Å². The van der Waals surface area contributed by atoms with E-state index in [1.54, 1.807) is 20.3 Å². The Labute approximate surface area is 158 Å². The minimum Gasteiger partial charge on any atom is -0.497 e. The topological polar surface area (TPSA) is 97.9 Å². The zero-order valence-electron chi connectivity index (χ0n) is 15.4. The van der Waals surface area contributed by atoms with Crippen molar-refractivity contribution >= 4 is 16.0 Å². The first-order chi connectivity index (χ1) is 12.9. The maximum Gasteiger partial charge on any atom is 0.354 e. The number of hydrogen-bond acceptors (Lipinski definition) is 6. The second kappa shape index (κ2) is 7.61. The molecule has 1 fully saturated rings. The number of ether oxygens (including phenoxy) is 3. The molecule has 1 aliphatic heterocycles. The fourth-order valence-electron chi connectivity index (χ4n) is 3.26. The minimum absolute atomic E-state index is 0.0103. The predicted octanol–water partition coefficient (Wildman–Crippen LogP) is 2.00. The van der Waals surface area contributed by atoms with Crippen LogP contribution in [-0.4, -0.2) is 58.1 Å². The van der Waals surface area contributed by atoms with Crippen LogP contribution in [0.3, 0.4) is 0 Å². The standard InChI is InChI=1S/C18H22N2O6S/c1-24-13-4-5-17(25-2)15(8-13)12-6-7-20(11-12)27(22,23)14-9-16(19-10-14)18(21)26-3/h4-5,8-10,12,19H,6-7,11H2,1-3H3/t12-/m0/s1. The monoisotopic (exact) mass is 394 g/mol. The number of esters is 1. The van der Waals surface area contributed by atoms with Crippen LogP contribution in [0.1, 0.15) is 28.4 Å². The molecule has 0 aliphatic carbocycles. The summed E-state index contributed by atoms with van der Waals surface area (Å²) in [7, 11) is 0.698. The Morgan fingerprint density at radius 3 is 2.63 bits per heavy atom. The van der Waals surface area contributed by atoms with Gasteiger partial charge in [-0.2, -0.15) is 4.31 Å². The molecule has 1 aliphatic rings. The van der Waals surface area contributed by atoms with Gasteiger partial charge in [-0.1, -0.05) is 0 Å². The molecule has 8 nitrogen and oxygen atoms in total. The molecule has 0 spiro atoms. The number of carbonyl (C=O) groups excluding carboxylic acids is 1. The number of rotatable bonds is 6. The largest absolute Gasteiger partial charge is 0.497 e. The molecule has 0 bridgehead atoms. The Morgan fingerprint density at radius 1 is 1.19 bits per heavy atom. The Hall–Kier alpha value is -2.52. The van der Waals surface area contributed by atoms with Crippen molar-refractivity contribution in [3.8, 4) is 11.5 Å². The summed E-state index contributed by atoms with van der Waals surface area (Å²) in [6, 6.07) is 6.80. The molecule has 9 heteroatoms. The van der Waals surface area contributed by atoms with Gasteiger partial charge in [0.25, 0.3) is 0 Å². The zero-order chi connectivity index (χ0) is 19.6. The maximum absolute atomic E-state index is 12.9. The molecule has 2 heterocycles. The Bertz CT molecular complexity index is 937. The van der Waals surface area contributed by atoms with Gasteiger partial charge >= 0.3 is 5.97 Å². The molecule has 0 amide bonds. The number of aromatic nitrogens is 1. The highest BCUT2D eigenvalue weighted by Crippen LogP contribution is 2.37. The van der Waals surface area contributed by atoms with Crippen molar-refractivity contribution in [2.24, 2.45) is 0 Å². The summed E-state index contributed by atoms with van der Waals surface area (Å²) in [6.45, 7) is 0.705. The summed E-state index contributed by atoms with van der Waals surface area (Å²) in [5.41, 5.74) is 1.01. The number of aromatic amines is 1. The van der Waals surface area contributed by atoms with Crippen LogP contribution < -0.4 is 9.47 Å². The summed E-state index contributed by atoms with van der Waals surface area (Å²) in [5, 5.41) is 0. The molecule has 146 valence electrons. The fraction of sp³-hybridized carbons (Fsp3) is 0.389. The van der Waals surface area contributed by atoms with Gasteiger partial charge in [0.05, 0.1) is 21.3 Å². The van der Waals surface area contributed by atoms with Gasteiger partial charge in [0, 0.05) is 30.8 Å². The van der Waals surface area contributed by atoms with Gasteiger partial charge < -0.3 is 19.2 Å². The van der Waals surface area contributed by atoms with Crippen LogP contribution in [-0.2, 0) is 14.8 Å². The first kappa shape index (κ1) is 19.2. The van der Waals surface area contributed by atoms with Crippen LogP contribution in [0.2, 0.25) is 0 Å². The van der Waals surface area contributed by atoms with E-state index in [2.05, 4.69) is 9.72 Å². The number of methoxy groups -OCH3 is 3. The lowest BCUT2D eigenvalue weighted by atomic mass is 9.97. The molecule has 0 unspecified atom stereocenters. The summed E-state index contributed by atoms with van der Waals surface area (Å²) in [5.74, 6) is 0.774. The fourth-order valence-corrected chi connectivity index (χ4v) is 4.75. The molecule has 0 radical (unpaired) electrons. The first-order valence-corrected chi connectivity index (χ1v) is 9.83. The van der Waals surface area contributed by atoms with E-state index < -0.39 is 16.0 Å². The Kier molecular flexibility index (Phi) is 5.43. The van der Waals surface area contributed by atoms with Gasteiger partial charge in [0.15, 0.2) is 0 Å². The van der Waals surface area contributed by atoms with Gasteiger partial charge in [-0.05, 0) is 30.7 Å². The van der Waals surface area contributed by atoms with E-state index in [1.807, 2.05) is 12.1 Å². The number of H-pyrrole nitrogens is 1. The average molecular weight is 394 g/mol. The van der Waals surface area contributed by atoms with Crippen LogP contribution in [0.5, 0.6) is 11.5 Å². The number of sulfonamides is 1. The van der Waals surface area contributed by atoms with Gasteiger partial charge in [-0.25, -0.2) is 13.2 Å². The number of nitrogens with zero attached hydrogens (tertiary/aromatic N) is 1. The molecular formula is C18H22N2O6S. The van der Waals surface area contributed by atoms with Crippen LogP contribution in [0.15, 0.2) is 35.4 Å².